The fraction of sp³-hybridized carbons (Fsp3) is 0.889. The van der Waals surface area contributed by atoms with Gasteiger partial charge < -0.3 is 15.2 Å². The zero-order chi connectivity index (χ0) is 10.8. The van der Waals surface area contributed by atoms with Crippen LogP contribution in [0.2, 0.25) is 0 Å². The SMILES string of the molecule is COCC(S)CNC(=O)CCCCO. The average molecular weight is 221 g/mol. The number of rotatable bonds is 8. The minimum Gasteiger partial charge on any atom is -0.396 e. The monoisotopic (exact) mass is 221 g/mol. The lowest BCUT2D eigenvalue weighted by Gasteiger charge is -2.10. The molecule has 0 spiro atoms. The van der Waals surface area contributed by atoms with E-state index in [1.54, 1.807) is 7.11 Å². The van der Waals surface area contributed by atoms with Gasteiger partial charge in [-0.15, -0.1) is 0 Å². The molecule has 5 heteroatoms. The Hall–Kier alpha value is -0.260. The number of aliphatic hydroxyl groups excluding tert-OH is 1. The Morgan fingerprint density at radius 2 is 2.29 bits per heavy atom. The van der Waals surface area contributed by atoms with Crippen molar-refractivity contribution in [3.8, 4) is 0 Å². The van der Waals surface area contributed by atoms with Gasteiger partial charge >= 0.3 is 0 Å². The van der Waals surface area contributed by atoms with Crippen molar-refractivity contribution in [2.24, 2.45) is 0 Å². The van der Waals surface area contributed by atoms with Crippen molar-refractivity contribution in [3.05, 3.63) is 0 Å². The first kappa shape index (κ1) is 13.7. The van der Waals surface area contributed by atoms with Crippen LogP contribution in [0.3, 0.4) is 0 Å². The highest BCUT2D eigenvalue weighted by atomic mass is 32.1. The highest BCUT2D eigenvalue weighted by molar-refractivity contribution is 7.81. The molecule has 14 heavy (non-hydrogen) atoms. The third-order valence-corrected chi connectivity index (χ3v) is 2.04. The van der Waals surface area contributed by atoms with Crippen LogP contribution >= 0.6 is 12.6 Å². The Morgan fingerprint density at radius 3 is 2.86 bits per heavy atom. The quantitative estimate of drug-likeness (QED) is 0.406. The van der Waals surface area contributed by atoms with Crippen molar-refractivity contribution < 1.29 is 14.6 Å². The van der Waals surface area contributed by atoms with Crippen molar-refractivity contribution in [1.82, 2.24) is 5.32 Å². The topological polar surface area (TPSA) is 58.6 Å². The molecule has 0 saturated carbocycles. The molecular weight excluding hydrogens is 202 g/mol. The summed E-state index contributed by atoms with van der Waals surface area (Å²) in [5.74, 6) is 0.00797. The summed E-state index contributed by atoms with van der Waals surface area (Å²) in [5, 5.41) is 11.3. The predicted molar refractivity (Wildman–Crippen MR) is 58.6 cm³/mol. The molecule has 0 fully saturated rings. The maximum atomic E-state index is 11.2. The minimum absolute atomic E-state index is 0.00797. The van der Waals surface area contributed by atoms with E-state index in [9.17, 15) is 4.79 Å². The third-order valence-electron chi connectivity index (χ3n) is 1.71. The van der Waals surface area contributed by atoms with E-state index in [4.69, 9.17) is 9.84 Å². The van der Waals surface area contributed by atoms with Crippen molar-refractivity contribution in [3.63, 3.8) is 0 Å². The maximum absolute atomic E-state index is 11.2. The maximum Gasteiger partial charge on any atom is 0.220 e. The first-order valence-corrected chi connectivity index (χ1v) is 5.27. The van der Waals surface area contributed by atoms with E-state index in [1.165, 1.54) is 0 Å². The lowest BCUT2D eigenvalue weighted by Crippen LogP contribution is -2.31. The molecule has 84 valence electrons. The molecule has 1 amide bonds. The molecule has 0 aromatic carbocycles. The molecule has 1 atom stereocenters. The van der Waals surface area contributed by atoms with Crippen LogP contribution in [0.25, 0.3) is 0 Å². The number of thiol groups is 1. The number of hydrogen-bond acceptors (Lipinski definition) is 4. The summed E-state index contributed by atoms with van der Waals surface area (Å²) in [7, 11) is 1.60. The lowest BCUT2D eigenvalue weighted by molar-refractivity contribution is -0.121. The van der Waals surface area contributed by atoms with Crippen LogP contribution in [0.4, 0.5) is 0 Å². The zero-order valence-corrected chi connectivity index (χ0v) is 9.43. The fourth-order valence-electron chi connectivity index (χ4n) is 0.969. The van der Waals surface area contributed by atoms with Crippen molar-refractivity contribution >= 4 is 18.5 Å². The van der Waals surface area contributed by atoms with Crippen LogP contribution in [0.5, 0.6) is 0 Å². The van der Waals surface area contributed by atoms with Gasteiger partial charge in [0.1, 0.15) is 0 Å². The molecule has 0 radical (unpaired) electrons. The standard InChI is InChI=1S/C9H19NO3S/c1-13-7-8(14)6-10-9(12)4-2-3-5-11/h8,11,14H,2-7H2,1H3,(H,10,12). The van der Waals surface area contributed by atoms with Crippen LogP contribution in [-0.4, -0.2) is 43.1 Å². The highest BCUT2D eigenvalue weighted by Gasteiger charge is 2.05. The van der Waals surface area contributed by atoms with E-state index in [1.807, 2.05) is 0 Å². The molecule has 0 aromatic rings. The molecular formula is C9H19NO3S. The van der Waals surface area contributed by atoms with Crippen LogP contribution in [-0.2, 0) is 9.53 Å². The van der Waals surface area contributed by atoms with Crippen molar-refractivity contribution in [2.45, 2.75) is 24.5 Å². The van der Waals surface area contributed by atoms with E-state index in [0.717, 1.165) is 6.42 Å². The summed E-state index contributed by atoms with van der Waals surface area (Å²) < 4.78 is 4.87. The molecule has 0 heterocycles. The molecule has 1 unspecified atom stereocenters. The van der Waals surface area contributed by atoms with Crippen LogP contribution in [0.1, 0.15) is 19.3 Å². The molecule has 4 nitrogen and oxygen atoms in total. The molecule has 0 saturated heterocycles. The van der Waals surface area contributed by atoms with Crippen molar-refractivity contribution in [1.29, 1.82) is 0 Å². The van der Waals surface area contributed by atoms with Gasteiger partial charge in [-0.3, -0.25) is 4.79 Å². The summed E-state index contributed by atoms with van der Waals surface area (Å²) in [4.78, 5) is 11.2. The normalized spacial score (nSPS) is 12.5. The number of ether oxygens (including phenoxy) is 1. The molecule has 0 aliphatic rings. The first-order valence-electron chi connectivity index (χ1n) is 4.75. The van der Waals surface area contributed by atoms with E-state index in [-0.39, 0.29) is 17.8 Å². The van der Waals surface area contributed by atoms with Gasteiger partial charge in [0.25, 0.3) is 0 Å². The summed E-state index contributed by atoms with van der Waals surface area (Å²) in [5.41, 5.74) is 0. The summed E-state index contributed by atoms with van der Waals surface area (Å²) in [6.07, 6.45) is 1.87. The van der Waals surface area contributed by atoms with Gasteiger partial charge in [-0.1, -0.05) is 0 Å². The zero-order valence-electron chi connectivity index (χ0n) is 8.53. The van der Waals surface area contributed by atoms with Gasteiger partial charge in [0.2, 0.25) is 5.91 Å². The Balaban J connectivity index is 3.34. The number of methoxy groups -OCH3 is 1. The second kappa shape index (κ2) is 9.30. The second-order valence-corrected chi connectivity index (χ2v) is 3.82. The minimum atomic E-state index is 0.00797. The predicted octanol–water partition coefficient (Wildman–Crippen LogP) is 0.210. The Labute approximate surface area is 90.4 Å². The van der Waals surface area contributed by atoms with Crippen LogP contribution < -0.4 is 5.32 Å². The molecule has 0 aromatic heterocycles. The molecule has 0 bridgehead atoms. The van der Waals surface area contributed by atoms with Crippen LogP contribution in [0.15, 0.2) is 0 Å². The largest absolute Gasteiger partial charge is 0.396 e. The lowest BCUT2D eigenvalue weighted by atomic mass is 10.2. The molecule has 0 aliphatic carbocycles. The van der Waals surface area contributed by atoms with Gasteiger partial charge in [-0.25, -0.2) is 0 Å². The Morgan fingerprint density at radius 1 is 1.57 bits per heavy atom. The van der Waals surface area contributed by atoms with Gasteiger partial charge in [-0.2, -0.15) is 12.6 Å². The third kappa shape index (κ3) is 8.34. The number of nitrogens with one attached hydrogen (secondary N) is 1. The number of carbonyl (C=O) groups is 1. The van der Waals surface area contributed by atoms with Crippen LogP contribution in [0, 0.1) is 0 Å². The number of hydrogen-bond donors (Lipinski definition) is 3. The second-order valence-electron chi connectivity index (χ2n) is 3.09. The van der Waals surface area contributed by atoms with Gasteiger partial charge in [0, 0.05) is 31.9 Å². The smallest absolute Gasteiger partial charge is 0.220 e. The summed E-state index contributed by atoms with van der Waals surface area (Å²) in [6.45, 7) is 1.20. The van der Waals surface area contributed by atoms with E-state index in [0.29, 0.717) is 26.0 Å². The highest BCUT2D eigenvalue weighted by Crippen LogP contribution is 1.96. The molecule has 0 rings (SSSR count). The molecule has 2 N–H and O–H groups in total. The fourth-order valence-corrected chi connectivity index (χ4v) is 1.21. The Kier molecular flexibility index (Phi) is 9.13. The van der Waals surface area contributed by atoms with Crippen molar-refractivity contribution in [2.75, 3.05) is 26.9 Å². The summed E-state index contributed by atoms with van der Waals surface area (Å²) in [6, 6.07) is 0. The molecule has 0 aliphatic heterocycles. The van der Waals surface area contributed by atoms with E-state index < -0.39 is 0 Å². The van der Waals surface area contributed by atoms with E-state index >= 15 is 0 Å². The van der Waals surface area contributed by atoms with Gasteiger partial charge in [-0.05, 0) is 12.8 Å². The first-order chi connectivity index (χ1) is 6.70. The Bertz CT molecular complexity index is 155. The number of amides is 1. The summed E-state index contributed by atoms with van der Waals surface area (Å²) >= 11 is 4.21. The van der Waals surface area contributed by atoms with Gasteiger partial charge in [0.05, 0.1) is 6.61 Å². The average Bonchev–Trinajstić information content (AvgIpc) is 2.16. The van der Waals surface area contributed by atoms with E-state index in [2.05, 4.69) is 17.9 Å². The number of unbranched alkanes of at least 4 members (excludes halogenated alkanes) is 1. The van der Waals surface area contributed by atoms with Gasteiger partial charge in [0.15, 0.2) is 0 Å². The number of carbonyl (C=O) groups excluding carboxylic acids is 1. The number of aliphatic hydroxyl groups is 1.